The number of rotatable bonds is 5. The second-order valence-corrected chi connectivity index (χ2v) is 4.85. The fourth-order valence-electron chi connectivity index (χ4n) is 1.43. The Hall–Kier alpha value is -1.88. The summed E-state index contributed by atoms with van der Waals surface area (Å²) in [6.07, 6.45) is -0.0406. The van der Waals surface area contributed by atoms with Crippen molar-refractivity contribution in [1.29, 1.82) is 0 Å². The number of aliphatic carboxylic acids is 1. The number of carboxylic acid groups (broad SMARTS) is 1. The average molecular weight is 263 g/mol. The first-order valence-electron chi connectivity index (χ1n) is 5.48. The van der Waals surface area contributed by atoms with Crippen molar-refractivity contribution >= 4 is 17.3 Å². The number of hydrogen-bond donors (Lipinski definition) is 1. The van der Waals surface area contributed by atoms with Crippen LogP contribution in [0, 0.1) is 6.92 Å². The summed E-state index contributed by atoms with van der Waals surface area (Å²) in [5.74, 6) is -0.0816. The molecular formula is C13H13NO3S. The third-order valence-electron chi connectivity index (χ3n) is 2.31. The van der Waals surface area contributed by atoms with Crippen LogP contribution in [0.3, 0.4) is 0 Å². The zero-order valence-corrected chi connectivity index (χ0v) is 10.7. The van der Waals surface area contributed by atoms with Gasteiger partial charge in [0, 0.05) is 5.38 Å². The highest BCUT2D eigenvalue weighted by molar-refractivity contribution is 7.09. The van der Waals surface area contributed by atoms with Crippen LogP contribution in [-0.4, -0.2) is 16.1 Å². The molecule has 5 heteroatoms. The molecule has 0 amide bonds. The van der Waals surface area contributed by atoms with Crippen LogP contribution in [0.25, 0.3) is 0 Å². The van der Waals surface area contributed by atoms with E-state index < -0.39 is 5.97 Å². The van der Waals surface area contributed by atoms with Gasteiger partial charge in [0.05, 0.1) is 12.1 Å². The van der Waals surface area contributed by atoms with Crippen molar-refractivity contribution in [2.24, 2.45) is 0 Å². The lowest BCUT2D eigenvalue weighted by atomic mass is 10.2. The Morgan fingerprint density at radius 2 is 2.11 bits per heavy atom. The monoisotopic (exact) mass is 263 g/mol. The maximum absolute atomic E-state index is 10.5. The molecule has 1 aromatic carbocycles. The predicted molar refractivity (Wildman–Crippen MR) is 69.0 cm³/mol. The summed E-state index contributed by atoms with van der Waals surface area (Å²) in [5, 5.41) is 11.2. The first-order chi connectivity index (χ1) is 8.63. The Morgan fingerprint density at radius 1 is 1.39 bits per heavy atom. The van der Waals surface area contributed by atoms with E-state index >= 15 is 0 Å². The topological polar surface area (TPSA) is 59.4 Å². The van der Waals surface area contributed by atoms with Gasteiger partial charge >= 0.3 is 5.97 Å². The standard InChI is InChI=1S/C13H13NO3S/c1-9-2-4-11(5-3-9)17-7-12-14-10(8-18-12)6-13(15)16/h2-5,8H,6-7H2,1H3,(H,15,16). The second kappa shape index (κ2) is 5.64. The molecule has 0 fully saturated rings. The smallest absolute Gasteiger partial charge is 0.309 e. The molecule has 0 atom stereocenters. The van der Waals surface area contributed by atoms with Crippen molar-refractivity contribution in [2.45, 2.75) is 20.0 Å². The maximum Gasteiger partial charge on any atom is 0.309 e. The molecule has 0 radical (unpaired) electrons. The van der Waals surface area contributed by atoms with Crippen molar-refractivity contribution in [3.8, 4) is 5.75 Å². The van der Waals surface area contributed by atoms with Crippen LogP contribution in [0.4, 0.5) is 0 Å². The molecule has 0 aliphatic rings. The third-order valence-corrected chi connectivity index (χ3v) is 3.19. The lowest BCUT2D eigenvalue weighted by Crippen LogP contribution is -2.01. The van der Waals surface area contributed by atoms with Crippen LogP contribution in [0.2, 0.25) is 0 Å². The number of aromatic nitrogens is 1. The quantitative estimate of drug-likeness (QED) is 0.901. The molecular weight excluding hydrogens is 250 g/mol. The fraction of sp³-hybridized carbons (Fsp3) is 0.231. The summed E-state index contributed by atoms with van der Waals surface area (Å²) >= 11 is 1.41. The van der Waals surface area contributed by atoms with Gasteiger partial charge in [-0.25, -0.2) is 4.98 Å². The summed E-state index contributed by atoms with van der Waals surface area (Å²) < 4.78 is 5.57. The molecule has 18 heavy (non-hydrogen) atoms. The highest BCUT2D eigenvalue weighted by atomic mass is 32.1. The van der Waals surface area contributed by atoms with Crippen molar-refractivity contribution in [1.82, 2.24) is 4.98 Å². The zero-order valence-electron chi connectivity index (χ0n) is 9.92. The molecule has 0 unspecified atom stereocenters. The maximum atomic E-state index is 10.5. The van der Waals surface area contributed by atoms with Crippen LogP contribution in [0.15, 0.2) is 29.6 Å². The van der Waals surface area contributed by atoms with Crippen LogP contribution in [0.1, 0.15) is 16.3 Å². The summed E-state index contributed by atoms with van der Waals surface area (Å²) in [7, 11) is 0. The van der Waals surface area contributed by atoms with E-state index in [1.165, 1.54) is 16.9 Å². The van der Waals surface area contributed by atoms with Gasteiger partial charge in [0.1, 0.15) is 17.4 Å². The van der Waals surface area contributed by atoms with Gasteiger partial charge in [0.2, 0.25) is 0 Å². The number of ether oxygens (including phenoxy) is 1. The number of carboxylic acids is 1. The summed E-state index contributed by atoms with van der Waals surface area (Å²) in [6.45, 7) is 2.39. The Morgan fingerprint density at radius 3 is 2.78 bits per heavy atom. The first-order valence-corrected chi connectivity index (χ1v) is 6.36. The molecule has 0 saturated carbocycles. The van der Waals surface area contributed by atoms with Crippen molar-refractivity contribution in [3.05, 3.63) is 45.9 Å². The number of thiazole rings is 1. The summed E-state index contributed by atoms with van der Waals surface area (Å²) in [5.41, 5.74) is 1.76. The molecule has 2 aromatic rings. The molecule has 0 aliphatic carbocycles. The molecule has 0 saturated heterocycles. The van der Waals surface area contributed by atoms with Gasteiger partial charge < -0.3 is 9.84 Å². The predicted octanol–water partition coefficient (Wildman–Crippen LogP) is 2.66. The second-order valence-electron chi connectivity index (χ2n) is 3.90. The van der Waals surface area contributed by atoms with Crippen LogP contribution < -0.4 is 4.74 Å². The number of nitrogens with zero attached hydrogens (tertiary/aromatic N) is 1. The number of aryl methyl sites for hydroxylation is 1. The fourth-order valence-corrected chi connectivity index (χ4v) is 2.14. The SMILES string of the molecule is Cc1ccc(OCc2nc(CC(=O)O)cs2)cc1. The first kappa shape index (κ1) is 12.6. The number of carbonyl (C=O) groups is 1. The normalized spacial score (nSPS) is 10.3. The van der Waals surface area contributed by atoms with Crippen LogP contribution in [-0.2, 0) is 17.8 Å². The van der Waals surface area contributed by atoms with E-state index in [2.05, 4.69) is 4.98 Å². The minimum atomic E-state index is -0.869. The lowest BCUT2D eigenvalue weighted by molar-refractivity contribution is -0.136. The minimum absolute atomic E-state index is 0.0406. The Balaban J connectivity index is 1.92. The molecule has 2 rings (SSSR count). The zero-order chi connectivity index (χ0) is 13.0. The van der Waals surface area contributed by atoms with Crippen molar-refractivity contribution in [2.75, 3.05) is 0 Å². The van der Waals surface area contributed by atoms with E-state index in [1.807, 2.05) is 31.2 Å². The molecule has 0 bridgehead atoms. The van der Waals surface area contributed by atoms with Gasteiger partial charge in [-0.1, -0.05) is 17.7 Å². The van der Waals surface area contributed by atoms with Gasteiger partial charge in [-0.2, -0.15) is 0 Å². The van der Waals surface area contributed by atoms with E-state index in [0.29, 0.717) is 12.3 Å². The molecule has 0 spiro atoms. The highest BCUT2D eigenvalue weighted by Crippen LogP contribution is 2.16. The molecule has 4 nitrogen and oxygen atoms in total. The van der Waals surface area contributed by atoms with Crippen molar-refractivity contribution in [3.63, 3.8) is 0 Å². The molecule has 1 aromatic heterocycles. The molecule has 1 N–H and O–H groups in total. The summed E-state index contributed by atoms with van der Waals surface area (Å²) in [6, 6.07) is 7.77. The van der Waals surface area contributed by atoms with Gasteiger partial charge in [0.25, 0.3) is 0 Å². The molecule has 0 aliphatic heterocycles. The minimum Gasteiger partial charge on any atom is -0.486 e. The van der Waals surface area contributed by atoms with Gasteiger partial charge in [0.15, 0.2) is 0 Å². The largest absolute Gasteiger partial charge is 0.486 e. The third kappa shape index (κ3) is 3.56. The van der Waals surface area contributed by atoms with Crippen LogP contribution >= 0.6 is 11.3 Å². The summed E-state index contributed by atoms with van der Waals surface area (Å²) in [4.78, 5) is 14.7. The lowest BCUT2D eigenvalue weighted by Gasteiger charge is -2.03. The van der Waals surface area contributed by atoms with E-state index in [-0.39, 0.29) is 6.42 Å². The van der Waals surface area contributed by atoms with Gasteiger partial charge in [-0.15, -0.1) is 11.3 Å². The van der Waals surface area contributed by atoms with Gasteiger partial charge in [-0.3, -0.25) is 4.79 Å². The average Bonchev–Trinajstić information content (AvgIpc) is 2.75. The Labute approximate surface area is 109 Å². The Bertz CT molecular complexity index is 533. The Kier molecular flexibility index (Phi) is 3.94. The highest BCUT2D eigenvalue weighted by Gasteiger charge is 2.06. The van der Waals surface area contributed by atoms with E-state index in [4.69, 9.17) is 9.84 Å². The van der Waals surface area contributed by atoms with E-state index in [1.54, 1.807) is 5.38 Å². The molecule has 1 heterocycles. The van der Waals surface area contributed by atoms with E-state index in [9.17, 15) is 4.79 Å². The van der Waals surface area contributed by atoms with E-state index in [0.717, 1.165) is 10.8 Å². The van der Waals surface area contributed by atoms with Crippen molar-refractivity contribution < 1.29 is 14.6 Å². The number of benzene rings is 1. The van der Waals surface area contributed by atoms with Crippen LogP contribution in [0.5, 0.6) is 5.75 Å². The number of hydrogen-bond acceptors (Lipinski definition) is 4. The van der Waals surface area contributed by atoms with Gasteiger partial charge in [-0.05, 0) is 19.1 Å². The molecule has 94 valence electrons.